The Labute approximate surface area is 150 Å². The Morgan fingerprint density at radius 3 is 2.76 bits per heavy atom. The van der Waals surface area contributed by atoms with Crippen LogP contribution in [0.4, 0.5) is 0 Å². The van der Waals surface area contributed by atoms with Crippen LogP contribution >= 0.6 is 11.3 Å². The number of imidazole rings is 1. The lowest BCUT2D eigenvalue weighted by atomic mass is 10.1. The van der Waals surface area contributed by atoms with Crippen LogP contribution in [-0.4, -0.2) is 27.6 Å². The molecule has 0 bridgehead atoms. The van der Waals surface area contributed by atoms with Crippen LogP contribution in [0.2, 0.25) is 0 Å². The van der Waals surface area contributed by atoms with Crippen LogP contribution in [0.5, 0.6) is 5.75 Å². The first-order valence-electron chi connectivity index (χ1n) is 7.85. The van der Waals surface area contributed by atoms with Crippen molar-refractivity contribution in [3.8, 4) is 5.75 Å². The second-order valence-corrected chi connectivity index (χ2v) is 6.93. The van der Waals surface area contributed by atoms with Crippen molar-refractivity contribution in [2.45, 2.75) is 19.9 Å². The molecule has 25 heavy (non-hydrogen) atoms. The lowest BCUT2D eigenvalue weighted by Crippen LogP contribution is -2.31. The van der Waals surface area contributed by atoms with Crippen LogP contribution in [0.25, 0.3) is 0 Å². The van der Waals surface area contributed by atoms with Crippen molar-refractivity contribution in [3.05, 3.63) is 63.6 Å². The molecule has 3 aromatic rings. The highest BCUT2D eigenvalue weighted by Crippen LogP contribution is 2.26. The van der Waals surface area contributed by atoms with Crippen LogP contribution in [0.15, 0.2) is 36.7 Å². The average Bonchev–Trinajstić information content (AvgIpc) is 3.17. The maximum absolute atomic E-state index is 12.8. The molecule has 0 aliphatic heterocycles. The van der Waals surface area contributed by atoms with E-state index in [-0.39, 0.29) is 11.9 Å². The Bertz CT molecular complexity index is 900. The van der Waals surface area contributed by atoms with E-state index in [1.807, 2.05) is 55.9 Å². The van der Waals surface area contributed by atoms with Gasteiger partial charge in [-0.3, -0.25) is 4.79 Å². The Hall–Kier alpha value is -2.67. The number of aryl methyl sites for hydroxylation is 3. The van der Waals surface area contributed by atoms with Gasteiger partial charge in [0.25, 0.3) is 5.91 Å². The minimum atomic E-state index is -0.385. The van der Waals surface area contributed by atoms with Gasteiger partial charge in [-0.2, -0.15) is 0 Å². The molecule has 0 saturated carbocycles. The SMILES string of the molecule is COc1cccc(C(NC(=O)c2sc(C)nc2C)c2nccn2C)c1. The lowest BCUT2D eigenvalue weighted by Gasteiger charge is -2.19. The van der Waals surface area contributed by atoms with E-state index in [1.54, 1.807) is 13.3 Å². The van der Waals surface area contributed by atoms with Crippen LogP contribution in [0.1, 0.15) is 37.8 Å². The molecule has 130 valence electrons. The third-order valence-electron chi connectivity index (χ3n) is 3.93. The highest BCUT2D eigenvalue weighted by Gasteiger charge is 2.24. The zero-order valence-corrected chi connectivity index (χ0v) is 15.4. The molecule has 7 heteroatoms. The topological polar surface area (TPSA) is 69.0 Å². The Morgan fingerprint density at radius 2 is 2.16 bits per heavy atom. The van der Waals surface area contributed by atoms with Crippen molar-refractivity contribution in [2.24, 2.45) is 7.05 Å². The number of nitrogens with zero attached hydrogens (tertiary/aromatic N) is 3. The summed E-state index contributed by atoms with van der Waals surface area (Å²) in [5, 5.41) is 3.96. The Balaban J connectivity index is 1.98. The Morgan fingerprint density at radius 1 is 1.36 bits per heavy atom. The van der Waals surface area contributed by atoms with Crippen LogP contribution in [-0.2, 0) is 7.05 Å². The highest BCUT2D eigenvalue weighted by molar-refractivity contribution is 7.13. The van der Waals surface area contributed by atoms with Gasteiger partial charge >= 0.3 is 0 Å². The van der Waals surface area contributed by atoms with Gasteiger partial charge in [-0.25, -0.2) is 9.97 Å². The average molecular weight is 356 g/mol. The summed E-state index contributed by atoms with van der Waals surface area (Å²) in [5.41, 5.74) is 1.64. The minimum absolute atomic E-state index is 0.154. The molecule has 1 aromatic carbocycles. The molecular formula is C18H20N4O2S. The molecule has 1 N–H and O–H groups in total. The van der Waals surface area contributed by atoms with E-state index in [1.165, 1.54) is 11.3 Å². The Kier molecular flexibility index (Phi) is 4.85. The third-order valence-corrected chi connectivity index (χ3v) is 5.00. The van der Waals surface area contributed by atoms with Crippen LogP contribution in [0.3, 0.4) is 0 Å². The lowest BCUT2D eigenvalue weighted by molar-refractivity contribution is 0.0944. The molecule has 2 aromatic heterocycles. The van der Waals surface area contributed by atoms with E-state index in [0.717, 1.165) is 27.8 Å². The second kappa shape index (κ2) is 7.06. The maximum Gasteiger partial charge on any atom is 0.264 e. The van der Waals surface area contributed by atoms with Crippen molar-refractivity contribution in [1.82, 2.24) is 19.9 Å². The maximum atomic E-state index is 12.8. The van der Waals surface area contributed by atoms with E-state index >= 15 is 0 Å². The van der Waals surface area contributed by atoms with Crippen LogP contribution in [0, 0.1) is 13.8 Å². The van der Waals surface area contributed by atoms with Gasteiger partial charge in [-0.05, 0) is 31.5 Å². The van der Waals surface area contributed by atoms with Gasteiger partial charge in [0, 0.05) is 19.4 Å². The first-order chi connectivity index (χ1) is 12.0. The molecule has 0 aliphatic carbocycles. The van der Waals surface area contributed by atoms with Crippen molar-refractivity contribution in [1.29, 1.82) is 0 Å². The highest BCUT2D eigenvalue weighted by atomic mass is 32.1. The molecule has 0 fully saturated rings. The van der Waals surface area contributed by atoms with Crippen molar-refractivity contribution in [3.63, 3.8) is 0 Å². The zero-order chi connectivity index (χ0) is 18.0. The van der Waals surface area contributed by atoms with E-state index in [0.29, 0.717) is 4.88 Å². The summed E-state index contributed by atoms with van der Waals surface area (Å²) < 4.78 is 7.21. The summed E-state index contributed by atoms with van der Waals surface area (Å²) in [6.45, 7) is 3.74. The molecule has 0 radical (unpaired) electrons. The number of nitrogens with one attached hydrogen (secondary N) is 1. The second-order valence-electron chi connectivity index (χ2n) is 5.73. The molecule has 0 aliphatic rings. The fraction of sp³-hybridized carbons (Fsp3) is 0.278. The number of hydrogen-bond donors (Lipinski definition) is 1. The van der Waals surface area contributed by atoms with Crippen LogP contribution < -0.4 is 10.1 Å². The number of aromatic nitrogens is 3. The number of rotatable bonds is 5. The summed E-state index contributed by atoms with van der Waals surface area (Å²) in [6.07, 6.45) is 3.58. The monoisotopic (exact) mass is 356 g/mol. The number of hydrogen-bond acceptors (Lipinski definition) is 5. The fourth-order valence-electron chi connectivity index (χ4n) is 2.71. The molecule has 1 amide bonds. The van der Waals surface area contributed by atoms with Gasteiger partial charge in [0.2, 0.25) is 0 Å². The molecule has 0 spiro atoms. The predicted octanol–water partition coefficient (Wildman–Crippen LogP) is 3.02. The first kappa shape index (κ1) is 17.2. The molecule has 2 heterocycles. The molecule has 6 nitrogen and oxygen atoms in total. The first-order valence-corrected chi connectivity index (χ1v) is 8.67. The summed E-state index contributed by atoms with van der Waals surface area (Å²) in [4.78, 5) is 22.2. The van der Waals surface area contributed by atoms with Gasteiger partial charge in [-0.1, -0.05) is 12.1 Å². The number of carbonyl (C=O) groups is 1. The largest absolute Gasteiger partial charge is 0.497 e. The number of thiazole rings is 1. The van der Waals surface area contributed by atoms with E-state index in [4.69, 9.17) is 4.74 Å². The summed E-state index contributed by atoms with van der Waals surface area (Å²) in [6, 6.07) is 7.25. The number of carbonyl (C=O) groups excluding carboxylic acids is 1. The number of benzene rings is 1. The fourth-order valence-corrected chi connectivity index (χ4v) is 3.53. The molecule has 1 unspecified atom stereocenters. The quantitative estimate of drug-likeness (QED) is 0.763. The number of ether oxygens (including phenoxy) is 1. The van der Waals surface area contributed by atoms with E-state index in [9.17, 15) is 4.79 Å². The van der Waals surface area contributed by atoms with Gasteiger partial charge in [0.15, 0.2) is 0 Å². The standard InChI is InChI=1S/C18H20N4O2S/c1-11-16(25-12(2)20-11)18(23)21-15(17-19-8-9-22(17)3)13-6-5-7-14(10-13)24-4/h5-10,15H,1-4H3,(H,21,23). The van der Waals surface area contributed by atoms with Crippen molar-refractivity contribution in [2.75, 3.05) is 7.11 Å². The van der Waals surface area contributed by atoms with Crippen molar-refractivity contribution < 1.29 is 9.53 Å². The molecule has 3 rings (SSSR count). The number of amides is 1. The van der Waals surface area contributed by atoms with Gasteiger partial charge < -0.3 is 14.6 Å². The van der Waals surface area contributed by atoms with Gasteiger partial charge in [0.05, 0.1) is 17.8 Å². The normalized spacial score (nSPS) is 12.0. The van der Waals surface area contributed by atoms with E-state index in [2.05, 4.69) is 15.3 Å². The van der Waals surface area contributed by atoms with E-state index < -0.39 is 0 Å². The van der Waals surface area contributed by atoms with Gasteiger partial charge in [0.1, 0.15) is 22.5 Å². The third kappa shape index (κ3) is 3.56. The zero-order valence-electron chi connectivity index (χ0n) is 14.6. The smallest absolute Gasteiger partial charge is 0.264 e. The molecule has 0 saturated heterocycles. The van der Waals surface area contributed by atoms with Crippen molar-refractivity contribution >= 4 is 17.2 Å². The minimum Gasteiger partial charge on any atom is -0.497 e. The van der Waals surface area contributed by atoms with Gasteiger partial charge in [-0.15, -0.1) is 11.3 Å². The summed E-state index contributed by atoms with van der Waals surface area (Å²) in [5.74, 6) is 1.33. The predicted molar refractivity (Wildman–Crippen MR) is 97.1 cm³/mol. The molecular weight excluding hydrogens is 336 g/mol. The number of methoxy groups -OCH3 is 1. The summed E-state index contributed by atoms with van der Waals surface area (Å²) >= 11 is 1.39. The molecule has 1 atom stereocenters. The summed E-state index contributed by atoms with van der Waals surface area (Å²) in [7, 11) is 3.53.